The molecular formula is C98H94O32. The predicted molar refractivity (Wildman–Crippen MR) is 451 cm³/mol. The quantitative estimate of drug-likeness (QED) is 0.0289. The van der Waals surface area contributed by atoms with Crippen LogP contribution < -0.4 is 0 Å². The van der Waals surface area contributed by atoms with Crippen LogP contribution >= 0.6 is 0 Å². The average Bonchev–Trinajstić information content (AvgIpc) is 1.65. The van der Waals surface area contributed by atoms with Gasteiger partial charge in [0, 0.05) is 6.92 Å². The van der Waals surface area contributed by atoms with Gasteiger partial charge in [-0.1, -0.05) is 164 Å². The highest BCUT2D eigenvalue weighted by atomic mass is 16.8. The minimum absolute atomic E-state index is 0.0169. The molecule has 1 N–H and O–H groups in total. The first kappa shape index (κ1) is 93.9. The number of ether oxygens (including phenoxy) is 19. The molecule has 32 heteroatoms. The number of hydrogen-bond donors (Lipinski definition) is 1. The zero-order chi connectivity index (χ0) is 92.2. The molecular weight excluding hydrogens is 1690 g/mol. The van der Waals surface area contributed by atoms with E-state index in [0.717, 1.165) is 6.92 Å². The minimum Gasteiger partial charge on any atom is -0.462 e. The fraction of sp³-hybridized carbons (Fsp3) is 0.327. The number of carbonyl (C=O) groups is 12. The topological polar surface area (TPSA) is 400 Å². The molecule has 4 aliphatic rings. The van der Waals surface area contributed by atoms with Gasteiger partial charge in [-0.25, -0.2) is 43.2 Å². The molecule has 9 aromatic rings. The Bertz CT molecular complexity index is 5360. The van der Waals surface area contributed by atoms with E-state index in [-0.39, 0.29) is 50.1 Å². The molecule has 4 saturated heterocycles. The van der Waals surface area contributed by atoms with Gasteiger partial charge < -0.3 is 95.1 Å². The number of aliphatic hydroxyl groups is 1. The maximum Gasteiger partial charge on any atom is 0.338 e. The van der Waals surface area contributed by atoms with E-state index in [0.29, 0.717) is 0 Å². The highest BCUT2D eigenvalue weighted by Crippen LogP contribution is 2.41. The van der Waals surface area contributed by atoms with E-state index in [9.17, 15) is 62.6 Å². The summed E-state index contributed by atoms with van der Waals surface area (Å²) < 4.78 is 122. The Labute approximate surface area is 746 Å². The molecule has 4 aliphatic heterocycles. The lowest BCUT2D eigenvalue weighted by Crippen LogP contribution is -2.51. The van der Waals surface area contributed by atoms with Crippen LogP contribution in [0.25, 0.3) is 0 Å². The first-order valence-corrected chi connectivity index (χ1v) is 41.6. The summed E-state index contributed by atoms with van der Waals surface area (Å²) in [4.78, 5) is 174. The number of aliphatic hydroxyl groups excluding tert-OH is 1. The Morgan fingerprint density at radius 2 is 0.569 bits per heavy atom. The highest BCUT2D eigenvalue weighted by molar-refractivity contribution is 5.94. The van der Waals surface area contributed by atoms with Gasteiger partial charge in [0.2, 0.25) is 0 Å². The molecule has 32 nitrogen and oxygen atoms in total. The summed E-state index contributed by atoms with van der Waals surface area (Å²) in [6.07, 6.45) is -38.3. The van der Waals surface area contributed by atoms with Crippen molar-refractivity contribution in [2.75, 3.05) is 26.4 Å². The summed E-state index contributed by atoms with van der Waals surface area (Å²) in [5.41, 5.74) is -3.04. The number of hydrogen-bond acceptors (Lipinski definition) is 32. The maximum atomic E-state index is 14.9. The SMILES string of the molecule is CC(=O)O[C@H]1[C@H]([C@@H](COC(=O)C(C)(C)C)O[C@@H]2O[C@@H]([C@@H](COC(=O)c3ccccc3)OC(=O)c3ccccc3)[C@H](OC(=O)c3ccccc3)[C@H]2OC(=O)c2ccccc2)O[C@@H](OC[C@@H](O[C@H]2O[C@H](COC(=O)c3ccccc3)[C@@H](OC(=O)c3ccccc3)[C@@H]2OC(=O)c2ccccc2)[C@@H]2O[C@@H](O)[C@H](OC(=O)c3ccccc3)[C@H]2OC(=O)c2ccccc2)[C@@H]1OC(=O)C(C)(C)C. The summed E-state index contributed by atoms with van der Waals surface area (Å²) in [6, 6.07) is 67.9. The fourth-order valence-electron chi connectivity index (χ4n) is 14.1. The second kappa shape index (κ2) is 43.4. The predicted octanol–water partition coefficient (Wildman–Crippen LogP) is 11.4. The Morgan fingerprint density at radius 1 is 0.285 bits per heavy atom. The first-order valence-electron chi connectivity index (χ1n) is 41.6. The lowest BCUT2D eigenvalue weighted by atomic mass is 9.97. The molecule has 0 bridgehead atoms. The summed E-state index contributed by atoms with van der Waals surface area (Å²) in [5, 5.41) is 12.4. The molecule has 0 radical (unpaired) electrons. The van der Waals surface area contributed by atoms with Crippen molar-refractivity contribution >= 4 is 71.6 Å². The van der Waals surface area contributed by atoms with E-state index in [1.54, 1.807) is 103 Å². The van der Waals surface area contributed by atoms with Crippen LogP contribution in [-0.4, -0.2) is 220 Å². The van der Waals surface area contributed by atoms with Gasteiger partial charge >= 0.3 is 71.6 Å². The van der Waals surface area contributed by atoms with Crippen molar-refractivity contribution in [2.45, 2.75) is 165 Å². The maximum absolute atomic E-state index is 14.9. The van der Waals surface area contributed by atoms with E-state index in [1.165, 1.54) is 211 Å². The zero-order valence-corrected chi connectivity index (χ0v) is 71.4. The van der Waals surface area contributed by atoms with Gasteiger partial charge in [-0.2, -0.15) is 0 Å². The van der Waals surface area contributed by atoms with Crippen LogP contribution in [0.4, 0.5) is 0 Å². The molecule has 0 saturated carbocycles. The van der Waals surface area contributed by atoms with Gasteiger partial charge in [0.15, 0.2) is 80.1 Å². The van der Waals surface area contributed by atoms with Crippen molar-refractivity contribution in [3.8, 4) is 0 Å². The van der Waals surface area contributed by atoms with Gasteiger partial charge in [0.05, 0.1) is 67.5 Å². The van der Waals surface area contributed by atoms with Crippen molar-refractivity contribution in [3.63, 3.8) is 0 Å². The molecule has 4 heterocycles. The molecule has 130 heavy (non-hydrogen) atoms. The lowest BCUT2D eigenvalue weighted by molar-refractivity contribution is -0.265. The van der Waals surface area contributed by atoms with Crippen molar-refractivity contribution in [1.29, 1.82) is 0 Å². The summed E-state index contributed by atoms with van der Waals surface area (Å²) in [5.74, 6) is -12.3. The molecule has 9 aromatic carbocycles. The Morgan fingerprint density at radius 3 is 0.962 bits per heavy atom. The Kier molecular flexibility index (Phi) is 31.4. The molecule has 13 rings (SSSR count). The van der Waals surface area contributed by atoms with Crippen LogP contribution in [0.15, 0.2) is 273 Å². The smallest absolute Gasteiger partial charge is 0.338 e. The van der Waals surface area contributed by atoms with E-state index < -0.39 is 226 Å². The first-order chi connectivity index (χ1) is 62.5. The van der Waals surface area contributed by atoms with E-state index in [2.05, 4.69) is 0 Å². The molecule has 0 aromatic heterocycles. The van der Waals surface area contributed by atoms with Gasteiger partial charge in [0.25, 0.3) is 0 Å². The van der Waals surface area contributed by atoms with Crippen LogP contribution in [0.1, 0.15) is 142 Å². The van der Waals surface area contributed by atoms with Crippen molar-refractivity contribution in [1.82, 2.24) is 0 Å². The van der Waals surface area contributed by atoms with E-state index in [4.69, 9.17) is 90.0 Å². The van der Waals surface area contributed by atoms with Crippen molar-refractivity contribution in [3.05, 3.63) is 323 Å². The monoisotopic (exact) mass is 1780 g/mol. The third-order valence-electron chi connectivity index (χ3n) is 20.8. The summed E-state index contributed by atoms with van der Waals surface area (Å²) in [7, 11) is 0. The number of rotatable bonds is 34. The van der Waals surface area contributed by atoms with Crippen LogP contribution in [0.3, 0.4) is 0 Å². The largest absolute Gasteiger partial charge is 0.462 e. The number of esters is 12. The van der Waals surface area contributed by atoms with E-state index >= 15 is 0 Å². The molecule has 0 amide bonds. The lowest BCUT2D eigenvalue weighted by Gasteiger charge is -2.33. The fourth-order valence-corrected chi connectivity index (χ4v) is 14.1. The zero-order valence-electron chi connectivity index (χ0n) is 71.4. The third kappa shape index (κ3) is 24.2. The Hall–Kier alpha value is -13.7. The standard InChI is InChI=1S/C98H94O32/c1-57(99)116-76-73(70(56-115-95(110)97(2,3)4)120-94-81(127-90(108)66-51-33-16-34-52-66)77(124-87(105)63-45-27-13-28-46-63)72(129-94)67(117-84(102)60-39-21-10-22-40-60)53-112-82(100)58-35-17-8-18-36-58)128-92(80(76)130-96(111)98(5,6)7)114-55-69(71-75(123-86(104)62-43-25-12-26-44-62)78(91(109)122-71)125-88(106)64-47-29-14-30-48-64)119-93-79(126-89(107)65-49-31-15-32-50-65)74(121-85(103)61-41-23-11-24-42-61)68(118-93)54-113-83(101)59-37-19-9-20-38-59/h8-52,67-81,91-94,109H,53-56H2,1-7H3/t67-,68-,69-,70-,71+,72+,73+,74-,75+,76+,77+,78-,79+,80-,81-,91-,92-,93-,94-/m1/s1. The van der Waals surface area contributed by atoms with Crippen LogP contribution in [-0.2, 0) is 104 Å². The minimum atomic E-state index is -2.27. The average molecular weight is 1780 g/mol. The van der Waals surface area contributed by atoms with Gasteiger partial charge in [-0.05, 0) is 151 Å². The molecule has 678 valence electrons. The van der Waals surface area contributed by atoms with Crippen molar-refractivity contribution < 1.29 is 153 Å². The number of benzene rings is 9. The van der Waals surface area contributed by atoms with Gasteiger partial charge in [-0.15, -0.1) is 0 Å². The summed E-state index contributed by atoms with van der Waals surface area (Å²) >= 11 is 0. The van der Waals surface area contributed by atoms with Crippen LogP contribution in [0, 0.1) is 10.8 Å². The normalized spacial score (nSPS) is 23.4. The van der Waals surface area contributed by atoms with Crippen molar-refractivity contribution in [2.24, 2.45) is 10.8 Å². The van der Waals surface area contributed by atoms with E-state index in [1.807, 2.05) is 0 Å². The van der Waals surface area contributed by atoms with Crippen LogP contribution in [0.2, 0.25) is 0 Å². The molecule has 4 fully saturated rings. The molecule has 0 unspecified atom stereocenters. The molecule has 0 aliphatic carbocycles. The third-order valence-corrected chi connectivity index (χ3v) is 20.8. The van der Waals surface area contributed by atoms with Crippen LogP contribution in [0.5, 0.6) is 0 Å². The highest BCUT2D eigenvalue weighted by Gasteiger charge is 2.62. The second-order valence-electron chi connectivity index (χ2n) is 32.4. The van der Waals surface area contributed by atoms with Gasteiger partial charge in [-0.3, -0.25) is 14.4 Å². The Balaban J connectivity index is 0.946. The van der Waals surface area contributed by atoms with Gasteiger partial charge in [0.1, 0.15) is 56.4 Å². The number of carbonyl (C=O) groups excluding carboxylic acids is 12. The molecule has 0 spiro atoms. The summed E-state index contributed by atoms with van der Waals surface area (Å²) in [6.45, 7) is 6.21. The second-order valence-corrected chi connectivity index (χ2v) is 32.4. The molecule has 19 atom stereocenters.